The van der Waals surface area contributed by atoms with Gasteiger partial charge in [0.05, 0.1) is 0 Å². The molecule has 0 saturated heterocycles. The van der Waals surface area contributed by atoms with Gasteiger partial charge in [0.15, 0.2) is 0 Å². The molecule has 1 rings (SSSR count). The van der Waals surface area contributed by atoms with E-state index >= 15 is 0 Å². The summed E-state index contributed by atoms with van der Waals surface area (Å²) in [6.45, 7) is 11.8. The van der Waals surface area contributed by atoms with Crippen LogP contribution in [0.2, 0.25) is 0 Å². The fourth-order valence-electron chi connectivity index (χ4n) is 2.51. The average molecular weight is 358 g/mol. The first-order chi connectivity index (χ1) is 12.6. The van der Waals surface area contributed by atoms with Crippen LogP contribution >= 0.6 is 0 Å². The zero-order valence-corrected chi connectivity index (χ0v) is 16.3. The SMILES string of the molecule is CCOCCCNC(=O)/C(C#N)=C\Nc1ccc(N(CC)CC)cc1C. The van der Waals surface area contributed by atoms with Crippen LogP contribution in [0, 0.1) is 18.3 Å². The molecule has 0 heterocycles. The smallest absolute Gasteiger partial charge is 0.263 e. The summed E-state index contributed by atoms with van der Waals surface area (Å²) in [6, 6.07) is 8.04. The van der Waals surface area contributed by atoms with Gasteiger partial charge in [-0.25, -0.2) is 0 Å². The molecule has 0 saturated carbocycles. The summed E-state index contributed by atoms with van der Waals surface area (Å²) in [5.41, 5.74) is 3.14. The minimum absolute atomic E-state index is 0.0497. The highest BCUT2D eigenvalue weighted by atomic mass is 16.5. The van der Waals surface area contributed by atoms with Crippen LogP contribution in [0.3, 0.4) is 0 Å². The second kappa shape index (κ2) is 11.9. The molecule has 142 valence electrons. The number of nitrogens with one attached hydrogen (secondary N) is 2. The lowest BCUT2D eigenvalue weighted by Gasteiger charge is -2.22. The van der Waals surface area contributed by atoms with E-state index in [9.17, 15) is 10.1 Å². The van der Waals surface area contributed by atoms with Crippen LogP contribution in [0.5, 0.6) is 0 Å². The number of ether oxygens (including phenoxy) is 1. The molecule has 0 aliphatic carbocycles. The van der Waals surface area contributed by atoms with Gasteiger partial charge in [0, 0.05) is 50.4 Å². The minimum atomic E-state index is -0.381. The number of carbonyl (C=O) groups is 1. The van der Waals surface area contributed by atoms with Gasteiger partial charge in [-0.05, 0) is 57.9 Å². The van der Waals surface area contributed by atoms with Gasteiger partial charge in [0.2, 0.25) is 0 Å². The monoisotopic (exact) mass is 358 g/mol. The van der Waals surface area contributed by atoms with Crippen molar-refractivity contribution in [2.24, 2.45) is 0 Å². The number of carbonyl (C=O) groups excluding carboxylic acids is 1. The minimum Gasteiger partial charge on any atom is -0.382 e. The van der Waals surface area contributed by atoms with Crippen molar-refractivity contribution in [2.45, 2.75) is 34.1 Å². The van der Waals surface area contributed by atoms with Crippen LogP contribution in [-0.2, 0) is 9.53 Å². The quantitative estimate of drug-likeness (QED) is 0.361. The van der Waals surface area contributed by atoms with E-state index < -0.39 is 0 Å². The molecule has 6 heteroatoms. The fraction of sp³-hybridized carbons (Fsp3) is 0.500. The molecule has 1 amide bonds. The topological polar surface area (TPSA) is 77.4 Å². The number of hydrogen-bond acceptors (Lipinski definition) is 5. The van der Waals surface area contributed by atoms with E-state index in [0.717, 1.165) is 36.4 Å². The summed E-state index contributed by atoms with van der Waals surface area (Å²) in [7, 11) is 0. The van der Waals surface area contributed by atoms with Crippen molar-refractivity contribution in [2.75, 3.05) is 43.1 Å². The lowest BCUT2D eigenvalue weighted by Crippen LogP contribution is -2.26. The predicted molar refractivity (Wildman–Crippen MR) is 106 cm³/mol. The fourth-order valence-corrected chi connectivity index (χ4v) is 2.51. The van der Waals surface area contributed by atoms with Crippen LogP contribution in [0.1, 0.15) is 32.8 Å². The van der Waals surface area contributed by atoms with Gasteiger partial charge in [0.1, 0.15) is 11.6 Å². The number of nitriles is 1. The van der Waals surface area contributed by atoms with E-state index in [0.29, 0.717) is 19.8 Å². The van der Waals surface area contributed by atoms with Gasteiger partial charge in [-0.3, -0.25) is 4.79 Å². The third-order valence-electron chi connectivity index (χ3n) is 4.03. The highest BCUT2D eigenvalue weighted by molar-refractivity contribution is 5.97. The Kier molecular flexibility index (Phi) is 9.88. The molecule has 0 fully saturated rings. The summed E-state index contributed by atoms with van der Waals surface area (Å²) < 4.78 is 5.22. The molecule has 6 nitrogen and oxygen atoms in total. The first-order valence-electron chi connectivity index (χ1n) is 9.15. The zero-order chi connectivity index (χ0) is 19.4. The van der Waals surface area contributed by atoms with E-state index in [4.69, 9.17) is 4.74 Å². The van der Waals surface area contributed by atoms with Crippen molar-refractivity contribution < 1.29 is 9.53 Å². The Morgan fingerprint density at radius 2 is 2.04 bits per heavy atom. The first kappa shape index (κ1) is 21.5. The number of hydrogen-bond donors (Lipinski definition) is 2. The molecule has 0 aliphatic heterocycles. The first-order valence-corrected chi connectivity index (χ1v) is 9.15. The maximum Gasteiger partial charge on any atom is 0.263 e. The van der Waals surface area contributed by atoms with Gasteiger partial charge in [-0.1, -0.05) is 0 Å². The highest BCUT2D eigenvalue weighted by Crippen LogP contribution is 2.22. The maximum atomic E-state index is 12.0. The molecule has 0 aromatic heterocycles. The van der Waals surface area contributed by atoms with Crippen LogP contribution in [0.4, 0.5) is 11.4 Å². The van der Waals surface area contributed by atoms with Crippen molar-refractivity contribution >= 4 is 17.3 Å². The Hall–Kier alpha value is -2.52. The van der Waals surface area contributed by atoms with Gasteiger partial charge in [-0.2, -0.15) is 5.26 Å². The van der Waals surface area contributed by atoms with E-state index in [-0.39, 0.29) is 11.5 Å². The maximum absolute atomic E-state index is 12.0. The van der Waals surface area contributed by atoms with Crippen molar-refractivity contribution in [3.05, 3.63) is 35.5 Å². The number of nitrogens with zero attached hydrogens (tertiary/aromatic N) is 2. The molecule has 1 aromatic carbocycles. The molecule has 1 aromatic rings. The summed E-state index contributed by atoms with van der Waals surface area (Å²) >= 11 is 0. The van der Waals surface area contributed by atoms with Crippen LogP contribution in [0.25, 0.3) is 0 Å². The predicted octanol–water partition coefficient (Wildman–Crippen LogP) is 3.20. The summed E-state index contributed by atoms with van der Waals surface area (Å²) in [6.07, 6.45) is 2.18. The Morgan fingerprint density at radius 3 is 2.62 bits per heavy atom. The van der Waals surface area contributed by atoms with E-state index in [1.54, 1.807) is 0 Å². The molecule has 0 atom stereocenters. The molecule has 0 bridgehead atoms. The molecule has 0 spiro atoms. The van der Waals surface area contributed by atoms with E-state index in [1.165, 1.54) is 6.20 Å². The van der Waals surface area contributed by atoms with Gasteiger partial charge < -0.3 is 20.3 Å². The Labute approximate surface area is 156 Å². The Balaban J connectivity index is 2.68. The zero-order valence-electron chi connectivity index (χ0n) is 16.3. The third kappa shape index (κ3) is 6.77. The van der Waals surface area contributed by atoms with E-state index in [2.05, 4.69) is 35.4 Å². The van der Waals surface area contributed by atoms with Crippen LogP contribution in [-0.4, -0.2) is 38.8 Å². The number of anilines is 2. The molecular formula is C20H30N4O2. The standard InChI is InChI=1S/C20H30N4O2/c1-5-24(6-2)18-9-10-19(16(4)13-18)23-15-17(14-21)20(25)22-11-8-12-26-7-3/h9-10,13,15,23H,5-8,11-12H2,1-4H3,(H,22,25)/b17-15-. The van der Waals surface area contributed by atoms with Crippen molar-refractivity contribution in [1.82, 2.24) is 5.32 Å². The molecule has 0 aliphatic rings. The second-order valence-corrected chi connectivity index (χ2v) is 5.79. The number of aryl methyl sites for hydroxylation is 1. The van der Waals surface area contributed by atoms with Gasteiger partial charge in [-0.15, -0.1) is 0 Å². The van der Waals surface area contributed by atoms with Crippen molar-refractivity contribution in [3.63, 3.8) is 0 Å². The Morgan fingerprint density at radius 1 is 1.31 bits per heavy atom. The number of benzene rings is 1. The molecule has 2 N–H and O–H groups in total. The Bertz CT molecular complexity index is 646. The van der Waals surface area contributed by atoms with Crippen LogP contribution in [0.15, 0.2) is 30.0 Å². The largest absolute Gasteiger partial charge is 0.382 e. The van der Waals surface area contributed by atoms with Crippen LogP contribution < -0.4 is 15.5 Å². The lowest BCUT2D eigenvalue weighted by molar-refractivity contribution is -0.117. The molecular weight excluding hydrogens is 328 g/mol. The normalized spacial score (nSPS) is 11.0. The third-order valence-corrected chi connectivity index (χ3v) is 4.03. The average Bonchev–Trinajstić information content (AvgIpc) is 2.64. The molecule has 0 unspecified atom stereocenters. The highest BCUT2D eigenvalue weighted by Gasteiger charge is 2.09. The van der Waals surface area contributed by atoms with Crippen molar-refractivity contribution in [1.29, 1.82) is 5.26 Å². The molecule has 0 radical (unpaired) electrons. The molecule has 26 heavy (non-hydrogen) atoms. The van der Waals surface area contributed by atoms with Gasteiger partial charge >= 0.3 is 0 Å². The lowest BCUT2D eigenvalue weighted by atomic mass is 10.1. The second-order valence-electron chi connectivity index (χ2n) is 5.79. The summed E-state index contributed by atoms with van der Waals surface area (Å²) in [5, 5.41) is 15.0. The van der Waals surface area contributed by atoms with Crippen molar-refractivity contribution in [3.8, 4) is 6.07 Å². The number of rotatable bonds is 11. The van der Waals surface area contributed by atoms with E-state index in [1.807, 2.05) is 32.0 Å². The summed E-state index contributed by atoms with van der Waals surface area (Å²) in [4.78, 5) is 14.3. The summed E-state index contributed by atoms with van der Waals surface area (Å²) in [5.74, 6) is -0.381. The number of amides is 1. The van der Waals surface area contributed by atoms with Gasteiger partial charge in [0.25, 0.3) is 5.91 Å².